The van der Waals surface area contributed by atoms with E-state index in [-0.39, 0.29) is 0 Å². The zero-order valence-corrected chi connectivity index (χ0v) is 8.82. The van der Waals surface area contributed by atoms with Crippen LogP contribution in [0.4, 0.5) is 0 Å². The third-order valence-corrected chi connectivity index (χ3v) is 2.97. The van der Waals surface area contributed by atoms with Crippen LogP contribution in [0, 0.1) is 5.92 Å². The zero-order chi connectivity index (χ0) is 9.03. The Kier molecular flexibility index (Phi) is 3.57. The van der Waals surface area contributed by atoms with E-state index in [0.717, 1.165) is 5.92 Å². The molecule has 1 fully saturated rings. The summed E-state index contributed by atoms with van der Waals surface area (Å²) in [6.07, 6.45) is 6.90. The van der Waals surface area contributed by atoms with Crippen molar-refractivity contribution >= 4 is 0 Å². The van der Waals surface area contributed by atoms with E-state index in [1.165, 1.54) is 38.6 Å². The molecule has 1 saturated carbocycles. The molecule has 1 rings (SSSR count). The van der Waals surface area contributed by atoms with Crippen LogP contribution in [0.2, 0.25) is 0 Å². The molecule has 72 valence electrons. The molecule has 0 amide bonds. The second-order valence-corrected chi connectivity index (χ2v) is 4.88. The number of hydrogen-bond acceptors (Lipinski definition) is 1. The Morgan fingerprint density at radius 2 is 2.00 bits per heavy atom. The Balaban J connectivity index is 1.95. The molecule has 0 radical (unpaired) electrons. The maximum Gasteiger partial charge on any atom is 0.0153 e. The molecular weight excluding hydrogens is 146 g/mol. The third kappa shape index (κ3) is 3.14. The lowest BCUT2D eigenvalue weighted by Crippen LogP contribution is -2.48. The van der Waals surface area contributed by atoms with Crippen LogP contribution in [0.5, 0.6) is 0 Å². The van der Waals surface area contributed by atoms with Crippen molar-refractivity contribution in [2.75, 3.05) is 6.54 Å². The van der Waals surface area contributed by atoms with Crippen LogP contribution in [0.25, 0.3) is 0 Å². The van der Waals surface area contributed by atoms with Crippen LogP contribution in [0.1, 0.15) is 52.9 Å². The minimum atomic E-state index is 0.511. The largest absolute Gasteiger partial charge is 0.312 e. The van der Waals surface area contributed by atoms with Gasteiger partial charge in [-0.15, -0.1) is 0 Å². The summed E-state index contributed by atoms with van der Waals surface area (Å²) in [5.74, 6) is 0.862. The highest BCUT2D eigenvalue weighted by Gasteiger charge is 2.30. The van der Waals surface area contributed by atoms with Gasteiger partial charge in [0.1, 0.15) is 0 Å². The summed E-state index contributed by atoms with van der Waals surface area (Å²) < 4.78 is 0. The molecule has 1 aliphatic rings. The summed E-state index contributed by atoms with van der Waals surface area (Å²) in [4.78, 5) is 0. The topological polar surface area (TPSA) is 12.0 Å². The minimum Gasteiger partial charge on any atom is -0.312 e. The Morgan fingerprint density at radius 3 is 2.42 bits per heavy atom. The summed E-state index contributed by atoms with van der Waals surface area (Å²) in [5.41, 5.74) is 0.511. The summed E-state index contributed by atoms with van der Waals surface area (Å²) in [6.45, 7) is 8.16. The molecule has 0 bridgehead atoms. The van der Waals surface area contributed by atoms with Crippen LogP contribution >= 0.6 is 0 Å². The van der Waals surface area contributed by atoms with Crippen LogP contribution < -0.4 is 5.32 Å². The highest BCUT2D eigenvalue weighted by Crippen LogP contribution is 2.30. The molecule has 1 aliphatic carbocycles. The second kappa shape index (κ2) is 4.27. The Labute approximate surface area is 76.9 Å². The molecule has 12 heavy (non-hydrogen) atoms. The van der Waals surface area contributed by atoms with Gasteiger partial charge in [-0.2, -0.15) is 0 Å². The fraction of sp³-hybridized carbons (Fsp3) is 1.00. The van der Waals surface area contributed by atoms with Gasteiger partial charge >= 0.3 is 0 Å². The van der Waals surface area contributed by atoms with Gasteiger partial charge in [-0.25, -0.2) is 0 Å². The van der Waals surface area contributed by atoms with Crippen molar-refractivity contribution in [3.05, 3.63) is 0 Å². The van der Waals surface area contributed by atoms with Crippen molar-refractivity contribution in [1.82, 2.24) is 5.32 Å². The molecule has 0 aromatic heterocycles. The van der Waals surface area contributed by atoms with Gasteiger partial charge < -0.3 is 5.32 Å². The highest BCUT2D eigenvalue weighted by atomic mass is 15.0. The molecule has 0 spiro atoms. The summed E-state index contributed by atoms with van der Waals surface area (Å²) in [5, 5.41) is 3.65. The standard InChI is InChI=1S/C11H23N/c1-10(2)6-4-9-12-11(3)7-5-8-11/h10,12H,4-9H2,1-3H3. The first kappa shape index (κ1) is 10.0. The van der Waals surface area contributed by atoms with Gasteiger partial charge in [-0.1, -0.05) is 13.8 Å². The lowest BCUT2D eigenvalue weighted by molar-refractivity contribution is 0.207. The number of rotatable bonds is 5. The van der Waals surface area contributed by atoms with Crippen LogP contribution in [-0.2, 0) is 0 Å². The normalized spacial score (nSPS) is 21.0. The zero-order valence-electron chi connectivity index (χ0n) is 8.82. The molecule has 1 nitrogen and oxygen atoms in total. The maximum absolute atomic E-state index is 3.65. The van der Waals surface area contributed by atoms with E-state index in [9.17, 15) is 0 Å². The van der Waals surface area contributed by atoms with Crippen LogP contribution in [-0.4, -0.2) is 12.1 Å². The fourth-order valence-corrected chi connectivity index (χ4v) is 1.78. The van der Waals surface area contributed by atoms with Crippen molar-refractivity contribution in [3.8, 4) is 0 Å². The van der Waals surface area contributed by atoms with Crippen molar-refractivity contribution in [3.63, 3.8) is 0 Å². The highest BCUT2D eigenvalue weighted by molar-refractivity contribution is 4.91. The van der Waals surface area contributed by atoms with Gasteiger partial charge in [-0.3, -0.25) is 0 Å². The lowest BCUT2D eigenvalue weighted by atomic mass is 9.78. The summed E-state index contributed by atoms with van der Waals surface area (Å²) in [6, 6.07) is 0. The van der Waals surface area contributed by atoms with Gasteiger partial charge in [0.25, 0.3) is 0 Å². The number of hydrogen-bond donors (Lipinski definition) is 1. The predicted molar refractivity (Wildman–Crippen MR) is 54.3 cm³/mol. The monoisotopic (exact) mass is 169 g/mol. The molecule has 0 atom stereocenters. The van der Waals surface area contributed by atoms with Crippen molar-refractivity contribution < 1.29 is 0 Å². The molecule has 0 aliphatic heterocycles. The van der Waals surface area contributed by atoms with Crippen molar-refractivity contribution in [1.29, 1.82) is 0 Å². The Hall–Kier alpha value is -0.0400. The maximum atomic E-state index is 3.65. The second-order valence-electron chi connectivity index (χ2n) is 4.88. The Morgan fingerprint density at radius 1 is 1.33 bits per heavy atom. The van der Waals surface area contributed by atoms with Crippen LogP contribution in [0.15, 0.2) is 0 Å². The van der Waals surface area contributed by atoms with Crippen molar-refractivity contribution in [2.24, 2.45) is 5.92 Å². The molecule has 0 saturated heterocycles. The molecule has 1 heteroatoms. The molecular formula is C11H23N. The molecule has 0 heterocycles. The smallest absolute Gasteiger partial charge is 0.0153 e. The van der Waals surface area contributed by atoms with E-state index in [2.05, 4.69) is 26.1 Å². The van der Waals surface area contributed by atoms with E-state index in [1.807, 2.05) is 0 Å². The minimum absolute atomic E-state index is 0.511. The van der Waals surface area contributed by atoms with E-state index in [4.69, 9.17) is 0 Å². The van der Waals surface area contributed by atoms with E-state index < -0.39 is 0 Å². The van der Waals surface area contributed by atoms with Crippen molar-refractivity contribution in [2.45, 2.75) is 58.4 Å². The molecule has 1 N–H and O–H groups in total. The fourth-order valence-electron chi connectivity index (χ4n) is 1.78. The lowest BCUT2D eigenvalue weighted by Gasteiger charge is -2.39. The SMILES string of the molecule is CC(C)CCCNC1(C)CCC1. The molecule has 0 unspecified atom stereocenters. The van der Waals surface area contributed by atoms with Crippen LogP contribution in [0.3, 0.4) is 0 Å². The van der Waals surface area contributed by atoms with E-state index in [1.54, 1.807) is 0 Å². The first-order valence-electron chi connectivity index (χ1n) is 5.37. The average molecular weight is 169 g/mol. The Bertz CT molecular complexity index is 125. The van der Waals surface area contributed by atoms with E-state index in [0.29, 0.717) is 5.54 Å². The first-order chi connectivity index (χ1) is 5.62. The van der Waals surface area contributed by atoms with E-state index >= 15 is 0 Å². The van der Waals surface area contributed by atoms with Gasteiger partial charge in [0.15, 0.2) is 0 Å². The third-order valence-electron chi connectivity index (χ3n) is 2.97. The summed E-state index contributed by atoms with van der Waals surface area (Å²) >= 11 is 0. The molecule has 0 aromatic rings. The first-order valence-corrected chi connectivity index (χ1v) is 5.37. The summed E-state index contributed by atoms with van der Waals surface area (Å²) in [7, 11) is 0. The molecule has 0 aromatic carbocycles. The number of nitrogens with one attached hydrogen (secondary N) is 1. The van der Waals surface area contributed by atoms with Gasteiger partial charge in [0.05, 0.1) is 0 Å². The predicted octanol–water partition coefficient (Wildman–Crippen LogP) is 2.95. The van der Waals surface area contributed by atoms with Gasteiger partial charge in [-0.05, 0) is 51.5 Å². The van der Waals surface area contributed by atoms with Gasteiger partial charge in [0.2, 0.25) is 0 Å². The average Bonchev–Trinajstić information content (AvgIpc) is 1.94. The quantitative estimate of drug-likeness (QED) is 0.624. The van der Waals surface area contributed by atoms with Gasteiger partial charge in [0, 0.05) is 5.54 Å².